The van der Waals surface area contributed by atoms with Crippen LogP contribution in [0.4, 0.5) is 0 Å². The Hall–Kier alpha value is -0.630. The first-order valence-electron chi connectivity index (χ1n) is 5.61. The van der Waals surface area contributed by atoms with E-state index in [1.165, 1.54) is 12.5 Å². The van der Waals surface area contributed by atoms with Gasteiger partial charge in [-0.15, -0.1) is 12.4 Å². The molecule has 0 aliphatic heterocycles. The molecule has 3 N–H and O–H groups in total. The smallest absolute Gasteiger partial charge is 0.260 e. The van der Waals surface area contributed by atoms with E-state index in [0.29, 0.717) is 12.8 Å². The number of hydrogen-bond donors (Lipinski definition) is 2. The Morgan fingerprint density at radius 2 is 2.00 bits per heavy atom. The molecule has 0 aromatic carbocycles. The van der Waals surface area contributed by atoms with Gasteiger partial charge in [0.2, 0.25) is 0 Å². The Balaban J connectivity index is 0.00000289. The van der Waals surface area contributed by atoms with E-state index < -0.39 is 15.6 Å². The van der Waals surface area contributed by atoms with E-state index in [4.69, 9.17) is 5.73 Å². The van der Waals surface area contributed by atoms with Crippen molar-refractivity contribution in [2.24, 2.45) is 12.8 Å². The number of halogens is 1. The van der Waals surface area contributed by atoms with Gasteiger partial charge in [0.25, 0.3) is 10.0 Å². The van der Waals surface area contributed by atoms with E-state index in [1.807, 2.05) is 13.8 Å². The predicted molar refractivity (Wildman–Crippen MR) is 73.1 cm³/mol. The molecule has 1 heterocycles. The highest BCUT2D eigenvalue weighted by molar-refractivity contribution is 7.89. The lowest BCUT2D eigenvalue weighted by molar-refractivity contribution is 0.362. The van der Waals surface area contributed by atoms with E-state index in [-0.39, 0.29) is 24.0 Å². The van der Waals surface area contributed by atoms with Crippen molar-refractivity contribution in [2.75, 3.05) is 6.54 Å². The van der Waals surface area contributed by atoms with Gasteiger partial charge in [-0.05, 0) is 12.8 Å². The van der Waals surface area contributed by atoms with Gasteiger partial charge in [-0.25, -0.2) is 18.1 Å². The maximum absolute atomic E-state index is 12.1. The van der Waals surface area contributed by atoms with Crippen LogP contribution in [0.15, 0.2) is 17.6 Å². The fraction of sp³-hybridized carbons (Fsp3) is 0.700. The van der Waals surface area contributed by atoms with Gasteiger partial charge in [-0.1, -0.05) is 13.8 Å². The van der Waals surface area contributed by atoms with Crippen molar-refractivity contribution >= 4 is 22.4 Å². The van der Waals surface area contributed by atoms with Gasteiger partial charge in [0.15, 0.2) is 5.03 Å². The highest BCUT2D eigenvalue weighted by Gasteiger charge is 2.31. The van der Waals surface area contributed by atoms with Crippen LogP contribution in [0.5, 0.6) is 0 Å². The fourth-order valence-corrected chi connectivity index (χ4v) is 3.13. The van der Waals surface area contributed by atoms with Crippen LogP contribution < -0.4 is 10.5 Å². The molecule has 0 bridgehead atoms. The lowest BCUT2D eigenvalue weighted by Gasteiger charge is -2.30. The summed E-state index contributed by atoms with van der Waals surface area (Å²) < 4.78 is 28.4. The number of rotatable bonds is 6. The van der Waals surface area contributed by atoms with Crippen LogP contribution in [0.25, 0.3) is 0 Å². The molecule has 18 heavy (non-hydrogen) atoms. The maximum atomic E-state index is 12.1. The second-order valence-electron chi connectivity index (χ2n) is 4.17. The monoisotopic (exact) mass is 296 g/mol. The van der Waals surface area contributed by atoms with E-state index in [0.717, 1.165) is 0 Å². The third kappa shape index (κ3) is 3.68. The molecule has 0 saturated heterocycles. The minimum atomic E-state index is -3.60. The van der Waals surface area contributed by atoms with E-state index in [2.05, 4.69) is 9.71 Å². The van der Waals surface area contributed by atoms with Gasteiger partial charge in [0.1, 0.15) is 0 Å². The van der Waals surface area contributed by atoms with Gasteiger partial charge in [-0.2, -0.15) is 0 Å². The molecule has 0 unspecified atom stereocenters. The molecule has 0 aliphatic carbocycles. The number of nitrogens with one attached hydrogen (secondary N) is 1. The van der Waals surface area contributed by atoms with Crippen LogP contribution in [0.2, 0.25) is 0 Å². The van der Waals surface area contributed by atoms with Gasteiger partial charge in [-0.3, -0.25) is 0 Å². The lowest BCUT2D eigenvalue weighted by atomic mass is 9.95. The van der Waals surface area contributed by atoms with Crippen molar-refractivity contribution in [2.45, 2.75) is 37.3 Å². The third-order valence-electron chi connectivity index (χ3n) is 3.05. The second kappa shape index (κ2) is 6.51. The Morgan fingerprint density at radius 3 is 2.33 bits per heavy atom. The van der Waals surface area contributed by atoms with Gasteiger partial charge in [0.05, 0.1) is 6.33 Å². The molecular formula is C10H21ClN4O2S. The summed E-state index contributed by atoms with van der Waals surface area (Å²) in [6.45, 7) is 4.10. The van der Waals surface area contributed by atoms with E-state index in [1.54, 1.807) is 11.6 Å². The number of imidazole rings is 1. The molecule has 0 amide bonds. The number of aromatic nitrogens is 2. The molecule has 1 aromatic heterocycles. The zero-order valence-corrected chi connectivity index (χ0v) is 12.5. The normalized spacial score (nSPS) is 12.2. The van der Waals surface area contributed by atoms with Crippen molar-refractivity contribution < 1.29 is 8.42 Å². The van der Waals surface area contributed by atoms with Crippen molar-refractivity contribution in [3.05, 3.63) is 12.5 Å². The first-order valence-corrected chi connectivity index (χ1v) is 7.09. The van der Waals surface area contributed by atoms with Gasteiger partial charge >= 0.3 is 0 Å². The fourth-order valence-electron chi connectivity index (χ4n) is 1.59. The first kappa shape index (κ1) is 17.4. The molecule has 0 atom stereocenters. The summed E-state index contributed by atoms with van der Waals surface area (Å²) in [5.41, 5.74) is 5.08. The topological polar surface area (TPSA) is 90.0 Å². The number of hydrogen-bond acceptors (Lipinski definition) is 4. The Morgan fingerprint density at radius 1 is 1.44 bits per heavy atom. The molecule has 106 valence electrons. The molecule has 8 heteroatoms. The summed E-state index contributed by atoms with van der Waals surface area (Å²) in [5, 5.41) is 0.0275. The quantitative estimate of drug-likeness (QED) is 0.806. The van der Waals surface area contributed by atoms with Gasteiger partial charge < -0.3 is 10.3 Å². The Kier molecular flexibility index (Phi) is 6.28. The molecule has 1 rings (SSSR count). The summed E-state index contributed by atoms with van der Waals surface area (Å²) in [7, 11) is -1.87. The van der Waals surface area contributed by atoms with Crippen molar-refractivity contribution in [3.8, 4) is 0 Å². The molecule has 0 spiro atoms. The summed E-state index contributed by atoms with van der Waals surface area (Å²) >= 11 is 0. The molecule has 0 saturated carbocycles. The maximum Gasteiger partial charge on any atom is 0.260 e. The van der Waals surface area contributed by atoms with Crippen LogP contribution in [0, 0.1) is 0 Å². The lowest BCUT2D eigenvalue weighted by Crippen LogP contribution is -2.52. The van der Waals surface area contributed by atoms with Crippen LogP contribution >= 0.6 is 12.4 Å². The summed E-state index contributed by atoms with van der Waals surface area (Å²) in [5.74, 6) is 0. The van der Waals surface area contributed by atoms with Gasteiger partial charge in [0, 0.05) is 25.3 Å². The van der Waals surface area contributed by atoms with Crippen LogP contribution in [-0.4, -0.2) is 30.1 Å². The van der Waals surface area contributed by atoms with E-state index in [9.17, 15) is 8.42 Å². The number of aryl methyl sites for hydroxylation is 1. The summed E-state index contributed by atoms with van der Waals surface area (Å²) in [6, 6.07) is 0. The standard InChI is InChI=1S/C10H20N4O2S.ClH/c1-4-10(5-2,7-11)13-17(15,16)9-6-14(3)8-12-9;/h6,8,13H,4-5,7,11H2,1-3H3;1H. The largest absolute Gasteiger partial charge is 0.339 e. The number of nitrogens with two attached hydrogens (primary N) is 1. The molecule has 1 aromatic rings. The zero-order valence-electron chi connectivity index (χ0n) is 10.9. The average molecular weight is 297 g/mol. The predicted octanol–water partition coefficient (Wildman–Crippen LogP) is 0.638. The average Bonchev–Trinajstić information content (AvgIpc) is 2.74. The number of nitrogens with zero attached hydrogens (tertiary/aromatic N) is 2. The van der Waals surface area contributed by atoms with Crippen molar-refractivity contribution in [3.63, 3.8) is 0 Å². The second-order valence-corrected chi connectivity index (χ2v) is 5.80. The molecule has 0 radical (unpaired) electrons. The minimum absolute atomic E-state index is 0. The van der Waals surface area contributed by atoms with Crippen LogP contribution in [-0.2, 0) is 17.1 Å². The zero-order chi connectivity index (χ0) is 13.1. The minimum Gasteiger partial charge on any atom is -0.339 e. The van der Waals surface area contributed by atoms with Crippen molar-refractivity contribution in [1.82, 2.24) is 14.3 Å². The van der Waals surface area contributed by atoms with Crippen LogP contribution in [0.1, 0.15) is 26.7 Å². The number of sulfonamides is 1. The molecular weight excluding hydrogens is 276 g/mol. The first-order chi connectivity index (χ1) is 7.89. The Bertz CT molecular complexity index is 460. The third-order valence-corrected chi connectivity index (χ3v) is 4.51. The summed E-state index contributed by atoms with van der Waals surface area (Å²) in [4.78, 5) is 3.85. The van der Waals surface area contributed by atoms with E-state index >= 15 is 0 Å². The molecule has 0 fully saturated rings. The van der Waals surface area contributed by atoms with Crippen molar-refractivity contribution in [1.29, 1.82) is 0 Å². The Labute approximate surface area is 114 Å². The highest BCUT2D eigenvalue weighted by Crippen LogP contribution is 2.17. The highest BCUT2D eigenvalue weighted by atomic mass is 35.5. The molecule has 6 nitrogen and oxygen atoms in total. The van der Waals surface area contributed by atoms with Crippen LogP contribution in [0.3, 0.4) is 0 Å². The summed E-state index contributed by atoms with van der Waals surface area (Å²) in [6.07, 6.45) is 4.21. The SMILES string of the molecule is CCC(CC)(CN)NS(=O)(=O)c1cn(C)cn1.Cl. The molecule has 0 aliphatic rings.